The van der Waals surface area contributed by atoms with Crippen molar-refractivity contribution in [2.45, 2.75) is 50.1 Å². The lowest BCUT2D eigenvalue weighted by molar-refractivity contribution is -0.277. The van der Waals surface area contributed by atoms with E-state index in [1.54, 1.807) is 12.1 Å². The summed E-state index contributed by atoms with van der Waals surface area (Å²) in [5.41, 5.74) is 12.0. The van der Waals surface area contributed by atoms with E-state index < -0.39 is 17.0 Å². The quantitative estimate of drug-likeness (QED) is 0.762. The minimum absolute atomic E-state index is 0.180. The molecule has 4 aliphatic carbocycles. The summed E-state index contributed by atoms with van der Waals surface area (Å²) >= 11 is 0. The van der Waals surface area contributed by atoms with E-state index in [0.29, 0.717) is 24.2 Å². The van der Waals surface area contributed by atoms with Crippen LogP contribution in [0.1, 0.15) is 44.1 Å². The lowest BCUT2D eigenvalue weighted by Gasteiger charge is -2.62. The zero-order valence-corrected chi connectivity index (χ0v) is 12.4. The van der Waals surface area contributed by atoms with Crippen LogP contribution < -0.4 is 11.5 Å². The van der Waals surface area contributed by atoms with Gasteiger partial charge in [-0.3, -0.25) is 0 Å². The van der Waals surface area contributed by atoms with Crippen LogP contribution in [0.5, 0.6) is 0 Å². The molecule has 4 bridgehead atoms. The summed E-state index contributed by atoms with van der Waals surface area (Å²) in [5.74, 6) is 0.361. The van der Waals surface area contributed by atoms with Crippen molar-refractivity contribution in [3.63, 3.8) is 0 Å². The van der Waals surface area contributed by atoms with E-state index in [1.807, 2.05) is 6.07 Å². The number of hydrogen-bond acceptors (Lipinski definition) is 2. The van der Waals surface area contributed by atoms with Crippen molar-refractivity contribution in [1.82, 2.24) is 0 Å². The highest BCUT2D eigenvalue weighted by atomic mass is 19.4. The van der Waals surface area contributed by atoms with Crippen LogP contribution in [0.25, 0.3) is 0 Å². The van der Waals surface area contributed by atoms with Gasteiger partial charge in [0.25, 0.3) is 0 Å². The first-order valence-corrected chi connectivity index (χ1v) is 7.95. The maximum absolute atomic E-state index is 13.8. The third-order valence-corrected chi connectivity index (χ3v) is 6.31. The maximum Gasteiger partial charge on any atom is 0.394 e. The third kappa shape index (κ3) is 1.80. The zero-order chi connectivity index (χ0) is 15.8. The molecule has 120 valence electrons. The molecule has 0 heterocycles. The highest BCUT2D eigenvalue weighted by Crippen LogP contribution is 2.70. The minimum Gasteiger partial charge on any atom is -0.399 e. The Morgan fingerprint density at radius 2 is 1.64 bits per heavy atom. The van der Waals surface area contributed by atoms with Gasteiger partial charge in [-0.25, -0.2) is 0 Å². The summed E-state index contributed by atoms with van der Waals surface area (Å²) in [4.78, 5) is 0. The number of anilines is 2. The second-order valence-corrected chi connectivity index (χ2v) is 7.87. The number of rotatable bonds is 1. The Kier molecular flexibility index (Phi) is 2.66. The molecule has 0 amide bonds. The molecule has 1 aromatic carbocycles. The lowest BCUT2D eigenvalue weighted by atomic mass is 9.42. The molecule has 22 heavy (non-hydrogen) atoms. The second kappa shape index (κ2) is 4.12. The maximum atomic E-state index is 13.8. The van der Waals surface area contributed by atoms with E-state index in [0.717, 1.165) is 24.8 Å². The van der Waals surface area contributed by atoms with Gasteiger partial charge in [0.05, 0.1) is 5.41 Å². The number of hydrogen-bond donors (Lipinski definition) is 2. The molecular formula is C17H21F3N2. The van der Waals surface area contributed by atoms with Crippen LogP contribution in [0.15, 0.2) is 18.2 Å². The van der Waals surface area contributed by atoms with Gasteiger partial charge >= 0.3 is 6.18 Å². The van der Waals surface area contributed by atoms with Crippen molar-refractivity contribution in [1.29, 1.82) is 0 Å². The molecule has 4 aliphatic rings. The summed E-state index contributed by atoms with van der Waals surface area (Å²) < 4.78 is 41.4. The van der Waals surface area contributed by atoms with Crippen LogP contribution in [0, 0.1) is 17.3 Å². The summed E-state index contributed by atoms with van der Waals surface area (Å²) in [7, 11) is 0. The fourth-order valence-corrected chi connectivity index (χ4v) is 5.97. The van der Waals surface area contributed by atoms with Gasteiger partial charge in [0.2, 0.25) is 0 Å². The summed E-state index contributed by atoms with van der Waals surface area (Å²) in [5, 5.41) is 0. The Bertz CT molecular complexity index is 609. The smallest absolute Gasteiger partial charge is 0.394 e. The van der Waals surface area contributed by atoms with E-state index in [-0.39, 0.29) is 18.3 Å². The highest BCUT2D eigenvalue weighted by molar-refractivity contribution is 5.59. The number of alkyl halides is 3. The van der Waals surface area contributed by atoms with Crippen molar-refractivity contribution >= 4 is 11.4 Å². The standard InChI is InChI=1S/C17H21F3N2/c18-17(19,20)16-7-10-3-11(8-16)6-15(5-10,9-16)13-2-1-12(21)4-14(13)22/h1-2,4,10-11H,3,5-9,21-22H2. The Balaban J connectivity index is 1.82. The fourth-order valence-electron chi connectivity index (χ4n) is 5.97. The van der Waals surface area contributed by atoms with Crippen LogP contribution in [-0.2, 0) is 5.41 Å². The summed E-state index contributed by atoms with van der Waals surface area (Å²) in [6.07, 6.45) is -0.657. The van der Waals surface area contributed by atoms with E-state index in [2.05, 4.69) is 0 Å². The average Bonchev–Trinajstić information content (AvgIpc) is 2.35. The van der Waals surface area contributed by atoms with Crippen LogP contribution >= 0.6 is 0 Å². The van der Waals surface area contributed by atoms with E-state index in [4.69, 9.17) is 11.5 Å². The topological polar surface area (TPSA) is 52.0 Å². The van der Waals surface area contributed by atoms with Crippen molar-refractivity contribution in [2.75, 3.05) is 11.5 Å². The number of benzene rings is 1. The molecule has 2 unspecified atom stereocenters. The molecule has 4 N–H and O–H groups in total. The monoisotopic (exact) mass is 310 g/mol. The average molecular weight is 310 g/mol. The molecule has 5 rings (SSSR count). The van der Waals surface area contributed by atoms with Crippen LogP contribution in [-0.4, -0.2) is 6.18 Å². The van der Waals surface area contributed by atoms with Crippen molar-refractivity contribution < 1.29 is 13.2 Å². The first-order chi connectivity index (χ1) is 10.2. The van der Waals surface area contributed by atoms with Gasteiger partial charge in [0.1, 0.15) is 0 Å². The van der Waals surface area contributed by atoms with Gasteiger partial charge in [0, 0.05) is 11.4 Å². The predicted molar refractivity (Wildman–Crippen MR) is 80.1 cm³/mol. The molecule has 5 heteroatoms. The third-order valence-electron chi connectivity index (χ3n) is 6.31. The van der Waals surface area contributed by atoms with Crippen molar-refractivity contribution in [3.8, 4) is 0 Å². The molecule has 0 aliphatic heterocycles. The van der Waals surface area contributed by atoms with Crippen molar-refractivity contribution in [2.24, 2.45) is 17.3 Å². The normalized spacial score (nSPS) is 40.1. The molecule has 1 aromatic rings. The first-order valence-electron chi connectivity index (χ1n) is 7.95. The van der Waals surface area contributed by atoms with E-state index >= 15 is 0 Å². The molecule has 2 atom stereocenters. The van der Waals surface area contributed by atoms with E-state index in [9.17, 15) is 13.2 Å². The van der Waals surface area contributed by atoms with Gasteiger partial charge in [-0.15, -0.1) is 0 Å². The van der Waals surface area contributed by atoms with Crippen LogP contribution in [0.2, 0.25) is 0 Å². The van der Waals surface area contributed by atoms with Gasteiger partial charge < -0.3 is 11.5 Å². The predicted octanol–water partition coefficient (Wildman–Crippen LogP) is 4.25. The van der Waals surface area contributed by atoms with Gasteiger partial charge in [-0.1, -0.05) is 6.07 Å². The molecule has 4 saturated carbocycles. The van der Waals surface area contributed by atoms with E-state index in [1.165, 1.54) is 0 Å². The van der Waals surface area contributed by atoms with Gasteiger partial charge in [0.15, 0.2) is 0 Å². The molecule has 2 nitrogen and oxygen atoms in total. The Hall–Kier alpha value is -1.39. The lowest BCUT2D eigenvalue weighted by Crippen LogP contribution is -2.59. The fraction of sp³-hybridized carbons (Fsp3) is 0.647. The number of nitrogen functional groups attached to an aromatic ring is 2. The zero-order valence-electron chi connectivity index (χ0n) is 12.4. The molecular weight excluding hydrogens is 289 g/mol. The Morgan fingerprint density at radius 3 is 2.18 bits per heavy atom. The van der Waals surface area contributed by atoms with Crippen LogP contribution in [0.4, 0.5) is 24.5 Å². The van der Waals surface area contributed by atoms with Gasteiger partial charge in [-0.05, 0) is 73.5 Å². The van der Waals surface area contributed by atoms with Crippen LogP contribution in [0.3, 0.4) is 0 Å². The SMILES string of the molecule is Nc1ccc(C23CC4CC(C2)CC(C(F)(F)F)(C4)C3)c(N)c1. The highest BCUT2D eigenvalue weighted by Gasteiger charge is 2.67. The summed E-state index contributed by atoms with van der Waals surface area (Å²) in [6, 6.07) is 5.32. The van der Waals surface area contributed by atoms with Crippen molar-refractivity contribution in [3.05, 3.63) is 23.8 Å². The molecule has 0 aromatic heterocycles. The molecule has 4 fully saturated rings. The molecule has 0 spiro atoms. The minimum atomic E-state index is -4.11. The first kappa shape index (κ1) is 14.2. The number of halogens is 3. The Morgan fingerprint density at radius 1 is 1.00 bits per heavy atom. The Labute approximate surface area is 128 Å². The summed E-state index contributed by atoms with van der Waals surface area (Å²) in [6.45, 7) is 0. The number of nitrogens with two attached hydrogens (primary N) is 2. The largest absolute Gasteiger partial charge is 0.399 e. The molecule has 0 radical (unpaired) electrons. The second-order valence-electron chi connectivity index (χ2n) is 7.87. The molecule has 0 saturated heterocycles. The van der Waals surface area contributed by atoms with Gasteiger partial charge in [-0.2, -0.15) is 13.2 Å².